The van der Waals surface area contributed by atoms with Crippen molar-refractivity contribution in [2.45, 2.75) is 6.10 Å². The number of hydrogen-bond acceptors (Lipinski definition) is 4. The molecule has 28 heavy (non-hydrogen) atoms. The summed E-state index contributed by atoms with van der Waals surface area (Å²) in [5, 5.41) is 13.7. The van der Waals surface area contributed by atoms with Gasteiger partial charge >= 0.3 is 0 Å². The predicted molar refractivity (Wildman–Crippen MR) is 108 cm³/mol. The van der Waals surface area contributed by atoms with Gasteiger partial charge in [-0.05, 0) is 42.0 Å². The van der Waals surface area contributed by atoms with Crippen molar-refractivity contribution in [2.75, 3.05) is 5.73 Å². The molecule has 0 saturated carbocycles. The maximum Gasteiger partial charge on any atom is 0.279 e. The number of para-hydroxylation sites is 2. The van der Waals surface area contributed by atoms with Crippen LogP contribution >= 0.6 is 0 Å². The van der Waals surface area contributed by atoms with E-state index in [1.807, 2.05) is 48.5 Å². The van der Waals surface area contributed by atoms with Crippen LogP contribution in [0, 0.1) is 0 Å². The van der Waals surface area contributed by atoms with Gasteiger partial charge in [0.05, 0.1) is 11.3 Å². The molecule has 1 unspecified atom stereocenters. The third-order valence-corrected chi connectivity index (χ3v) is 4.40. The number of aromatic amines is 1. The van der Waals surface area contributed by atoms with E-state index in [1.165, 1.54) is 4.68 Å². The second-order valence-electron chi connectivity index (χ2n) is 6.31. The zero-order valence-corrected chi connectivity index (χ0v) is 14.9. The first-order chi connectivity index (χ1) is 13.6. The van der Waals surface area contributed by atoms with Crippen LogP contribution in [-0.4, -0.2) is 14.9 Å². The van der Waals surface area contributed by atoms with Gasteiger partial charge in [0.25, 0.3) is 5.56 Å². The zero-order valence-electron chi connectivity index (χ0n) is 14.9. The lowest BCUT2D eigenvalue weighted by Crippen LogP contribution is -2.20. The van der Waals surface area contributed by atoms with E-state index < -0.39 is 11.7 Å². The summed E-state index contributed by atoms with van der Waals surface area (Å²) in [6.45, 7) is 0. The van der Waals surface area contributed by atoms with Crippen molar-refractivity contribution >= 4 is 5.82 Å². The molecule has 0 amide bonds. The molecule has 0 spiro atoms. The van der Waals surface area contributed by atoms with Crippen LogP contribution in [0.25, 0.3) is 5.69 Å². The molecule has 6 nitrogen and oxygen atoms in total. The van der Waals surface area contributed by atoms with Gasteiger partial charge in [0, 0.05) is 0 Å². The molecule has 0 radical (unpaired) electrons. The summed E-state index contributed by atoms with van der Waals surface area (Å²) in [5.74, 6) is 1.36. The minimum absolute atomic E-state index is 0.0979. The highest BCUT2D eigenvalue weighted by Gasteiger charge is 2.22. The second-order valence-corrected chi connectivity index (χ2v) is 6.31. The first-order valence-corrected chi connectivity index (χ1v) is 8.80. The SMILES string of the molecule is Nc1[nH]n(-c2ccccc2)c(=O)c1C(O)c1cccc(Oc2ccccc2)c1. The molecule has 3 aromatic carbocycles. The van der Waals surface area contributed by atoms with Crippen LogP contribution < -0.4 is 16.0 Å². The summed E-state index contributed by atoms with van der Waals surface area (Å²) in [5.41, 5.74) is 6.86. The molecule has 0 aliphatic heterocycles. The van der Waals surface area contributed by atoms with Crippen molar-refractivity contribution in [3.8, 4) is 17.2 Å². The number of nitrogens with one attached hydrogen (secondary N) is 1. The Balaban J connectivity index is 1.67. The number of aliphatic hydroxyl groups is 1. The molecule has 6 heteroatoms. The molecule has 1 heterocycles. The third-order valence-electron chi connectivity index (χ3n) is 4.40. The lowest BCUT2D eigenvalue weighted by molar-refractivity contribution is 0.219. The van der Waals surface area contributed by atoms with Gasteiger partial charge in [-0.3, -0.25) is 9.89 Å². The molecule has 0 aliphatic carbocycles. The molecule has 0 aliphatic rings. The van der Waals surface area contributed by atoms with E-state index in [2.05, 4.69) is 5.10 Å². The van der Waals surface area contributed by atoms with E-state index in [9.17, 15) is 9.90 Å². The average molecular weight is 373 g/mol. The summed E-state index contributed by atoms with van der Waals surface area (Å²) < 4.78 is 7.12. The quantitative estimate of drug-likeness (QED) is 0.498. The van der Waals surface area contributed by atoms with Crippen LogP contribution in [0.5, 0.6) is 11.5 Å². The Bertz CT molecular complexity index is 1130. The van der Waals surface area contributed by atoms with Crippen molar-refractivity contribution < 1.29 is 9.84 Å². The number of H-pyrrole nitrogens is 1. The standard InChI is InChI=1S/C22H19N3O3/c23-21-19(22(27)25(24-21)16-9-3-1-4-10-16)20(26)15-8-7-13-18(14-15)28-17-11-5-2-6-12-17/h1-14,20,24,26H,23H2. The number of anilines is 1. The van der Waals surface area contributed by atoms with E-state index in [0.717, 1.165) is 0 Å². The van der Waals surface area contributed by atoms with E-state index in [-0.39, 0.29) is 11.4 Å². The maximum absolute atomic E-state index is 12.8. The molecular formula is C22H19N3O3. The minimum Gasteiger partial charge on any atom is -0.457 e. The molecule has 0 bridgehead atoms. The van der Waals surface area contributed by atoms with Gasteiger partial charge in [0.15, 0.2) is 0 Å². The van der Waals surface area contributed by atoms with E-state index in [4.69, 9.17) is 10.5 Å². The molecular weight excluding hydrogens is 354 g/mol. The largest absolute Gasteiger partial charge is 0.457 e. The number of rotatable bonds is 5. The summed E-state index contributed by atoms with van der Waals surface area (Å²) in [6, 6.07) is 25.3. The van der Waals surface area contributed by atoms with Gasteiger partial charge in [-0.1, -0.05) is 48.5 Å². The fourth-order valence-corrected chi connectivity index (χ4v) is 3.03. The number of nitrogens with zero attached hydrogens (tertiary/aromatic N) is 1. The zero-order chi connectivity index (χ0) is 19.5. The molecule has 4 N–H and O–H groups in total. The van der Waals surface area contributed by atoms with Crippen molar-refractivity contribution in [3.63, 3.8) is 0 Å². The molecule has 0 fully saturated rings. The number of ether oxygens (including phenoxy) is 1. The van der Waals surface area contributed by atoms with Crippen molar-refractivity contribution in [3.05, 3.63) is 106 Å². The predicted octanol–water partition coefficient (Wildman–Crippen LogP) is 3.62. The van der Waals surface area contributed by atoms with Gasteiger partial charge in [-0.25, -0.2) is 4.68 Å². The van der Waals surface area contributed by atoms with Crippen LogP contribution in [0.3, 0.4) is 0 Å². The van der Waals surface area contributed by atoms with Crippen molar-refractivity contribution in [1.82, 2.24) is 9.78 Å². The number of benzene rings is 3. The Labute approximate surface area is 161 Å². The molecule has 4 rings (SSSR count). The average Bonchev–Trinajstić information content (AvgIpc) is 3.03. The minimum atomic E-state index is -1.19. The van der Waals surface area contributed by atoms with E-state index in [0.29, 0.717) is 22.7 Å². The fourth-order valence-electron chi connectivity index (χ4n) is 3.03. The van der Waals surface area contributed by atoms with Crippen LogP contribution in [0.2, 0.25) is 0 Å². The lowest BCUT2D eigenvalue weighted by Gasteiger charge is -2.12. The highest BCUT2D eigenvalue weighted by atomic mass is 16.5. The molecule has 1 aromatic heterocycles. The molecule has 1 atom stereocenters. The van der Waals surface area contributed by atoms with Crippen molar-refractivity contribution in [1.29, 1.82) is 0 Å². The number of nitrogen functional groups attached to an aromatic ring is 1. The number of aliphatic hydroxyl groups excluding tert-OH is 1. The Kier molecular flexibility index (Phi) is 4.70. The molecule has 140 valence electrons. The van der Waals surface area contributed by atoms with Crippen LogP contribution in [0.15, 0.2) is 89.7 Å². The first-order valence-electron chi connectivity index (χ1n) is 8.80. The van der Waals surface area contributed by atoms with Crippen LogP contribution in [-0.2, 0) is 0 Å². The van der Waals surface area contributed by atoms with E-state index >= 15 is 0 Å². The highest BCUT2D eigenvalue weighted by molar-refractivity contribution is 5.47. The Morgan fingerprint density at radius 1 is 0.893 bits per heavy atom. The Morgan fingerprint density at radius 3 is 2.25 bits per heavy atom. The normalized spacial score (nSPS) is 11.9. The lowest BCUT2D eigenvalue weighted by atomic mass is 10.0. The Hall–Kier alpha value is -3.77. The summed E-state index contributed by atoms with van der Waals surface area (Å²) in [7, 11) is 0. The van der Waals surface area contributed by atoms with Gasteiger partial charge in [-0.15, -0.1) is 0 Å². The highest BCUT2D eigenvalue weighted by Crippen LogP contribution is 2.28. The summed E-state index contributed by atoms with van der Waals surface area (Å²) in [4.78, 5) is 12.8. The number of aromatic nitrogens is 2. The second kappa shape index (κ2) is 7.46. The summed E-state index contributed by atoms with van der Waals surface area (Å²) >= 11 is 0. The monoisotopic (exact) mass is 373 g/mol. The van der Waals surface area contributed by atoms with Crippen LogP contribution in [0.1, 0.15) is 17.2 Å². The van der Waals surface area contributed by atoms with Gasteiger partial charge < -0.3 is 15.6 Å². The van der Waals surface area contributed by atoms with Gasteiger partial charge in [-0.2, -0.15) is 0 Å². The van der Waals surface area contributed by atoms with Crippen molar-refractivity contribution in [2.24, 2.45) is 0 Å². The van der Waals surface area contributed by atoms with Gasteiger partial charge in [0.1, 0.15) is 23.4 Å². The molecule has 0 saturated heterocycles. The fraction of sp³-hybridized carbons (Fsp3) is 0.0455. The van der Waals surface area contributed by atoms with Crippen LogP contribution in [0.4, 0.5) is 5.82 Å². The maximum atomic E-state index is 12.8. The van der Waals surface area contributed by atoms with E-state index in [1.54, 1.807) is 36.4 Å². The smallest absolute Gasteiger partial charge is 0.279 e. The Morgan fingerprint density at radius 2 is 1.54 bits per heavy atom. The summed E-state index contributed by atoms with van der Waals surface area (Å²) in [6.07, 6.45) is -1.19. The van der Waals surface area contributed by atoms with Gasteiger partial charge in [0.2, 0.25) is 0 Å². The number of nitrogens with two attached hydrogens (primary N) is 1. The topological polar surface area (TPSA) is 93.3 Å². The third kappa shape index (κ3) is 3.41. The number of hydrogen-bond donors (Lipinski definition) is 3. The molecule has 4 aromatic rings. The first kappa shape index (κ1) is 17.6.